The van der Waals surface area contributed by atoms with Crippen LogP contribution in [0, 0.1) is 0 Å². The van der Waals surface area contributed by atoms with E-state index in [2.05, 4.69) is 32.9 Å². The van der Waals surface area contributed by atoms with Gasteiger partial charge in [0, 0.05) is 19.3 Å². The molecule has 0 aliphatic heterocycles. The summed E-state index contributed by atoms with van der Waals surface area (Å²) in [6, 6.07) is 0. The van der Waals surface area contributed by atoms with Crippen LogP contribution < -0.4 is 0 Å². The Kier molecular flexibility index (Phi) is 58.1. The van der Waals surface area contributed by atoms with Crippen LogP contribution in [-0.2, 0) is 28.6 Å². The van der Waals surface area contributed by atoms with Crippen molar-refractivity contribution in [1.82, 2.24) is 0 Å². The van der Waals surface area contributed by atoms with Crippen molar-refractivity contribution in [3.05, 3.63) is 12.2 Å². The lowest BCUT2D eigenvalue weighted by Gasteiger charge is -2.18. The average molecular weight is 988 g/mol. The van der Waals surface area contributed by atoms with E-state index < -0.39 is 6.10 Å². The third-order valence-corrected chi connectivity index (χ3v) is 14.5. The minimum atomic E-state index is -0.768. The topological polar surface area (TPSA) is 78.9 Å². The van der Waals surface area contributed by atoms with Gasteiger partial charge in [-0.25, -0.2) is 0 Å². The fourth-order valence-electron chi connectivity index (χ4n) is 9.74. The van der Waals surface area contributed by atoms with Crippen molar-refractivity contribution >= 4 is 17.9 Å². The van der Waals surface area contributed by atoms with Gasteiger partial charge >= 0.3 is 17.9 Å². The van der Waals surface area contributed by atoms with Crippen molar-refractivity contribution in [2.24, 2.45) is 0 Å². The van der Waals surface area contributed by atoms with E-state index in [1.54, 1.807) is 0 Å². The Morgan fingerprint density at radius 3 is 0.714 bits per heavy atom. The van der Waals surface area contributed by atoms with Crippen LogP contribution in [0.5, 0.6) is 0 Å². The van der Waals surface area contributed by atoms with E-state index in [0.717, 1.165) is 64.2 Å². The minimum Gasteiger partial charge on any atom is -0.462 e. The largest absolute Gasteiger partial charge is 0.462 e. The lowest BCUT2D eigenvalue weighted by Crippen LogP contribution is -2.30. The van der Waals surface area contributed by atoms with Crippen LogP contribution in [-0.4, -0.2) is 37.2 Å². The molecule has 0 radical (unpaired) electrons. The van der Waals surface area contributed by atoms with Crippen molar-refractivity contribution in [2.75, 3.05) is 13.2 Å². The molecule has 0 fully saturated rings. The molecule has 0 aromatic rings. The SMILES string of the molecule is CCCCCCCCCCC/C=C\CCCCCCCC(=O)OCC(COC(=O)CCCCCCCCCCCCCCCCCC)OC(=O)CCCCCCCCCCCCCCCCCCCC. The fourth-order valence-corrected chi connectivity index (χ4v) is 9.74. The second-order valence-electron chi connectivity index (χ2n) is 21.7. The smallest absolute Gasteiger partial charge is 0.306 e. The third-order valence-electron chi connectivity index (χ3n) is 14.5. The molecule has 0 N–H and O–H groups in total. The van der Waals surface area contributed by atoms with Gasteiger partial charge in [-0.3, -0.25) is 14.4 Å². The molecule has 70 heavy (non-hydrogen) atoms. The Labute approximate surface area is 437 Å². The van der Waals surface area contributed by atoms with E-state index in [1.165, 1.54) is 257 Å². The van der Waals surface area contributed by atoms with Crippen LogP contribution in [0.4, 0.5) is 0 Å². The van der Waals surface area contributed by atoms with E-state index in [-0.39, 0.29) is 31.1 Å². The summed E-state index contributed by atoms with van der Waals surface area (Å²) in [6.45, 7) is 6.71. The summed E-state index contributed by atoms with van der Waals surface area (Å²) in [5.74, 6) is -0.844. The van der Waals surface area contributed by atoms with Gasteiger partial charge in [0.25, 0.3) is 0 Å². The molecule has 0 saturated carbocycles. The highest BCUT2D eigenvalue weighted by molar-refractivity contribution is 5.71. The summed E-state index contributed by atoms with van der Waals surface area (Å²) in [6.07, 6.45) is 69.2. The molecule has 0 amide bonds. The Balaban J connectivity index is 4.31. The van der Waals surface area contributed by atoms with Crippen LogP contribution in [0.2, 0.25) is 0 Å². The molecule has 6 heteroatoms. The molecule has 0 bridgehead atoms. The number of rotatable bonds is 59. The number of hydrogen-bond acceptors (Lipinski definition) is 6. The van der Waals surface area contributed by atoms with Crippen molar-refractivity contribution in [3.8, 4) is 0 Å². The van der Waals surface area contributed by atoms with Gasteiger partial charge in [-0.05, 0) is 44.9 Å². The molecular formula is C64H122O6. The Morgan fingerprint density at radius 1 is 0.271 bits per heavy atom. The lowest BCUT2D eigenvalue weighted by atomic mass is 10.0. The van der Waals surface area contributed by atoms with Gasteiger partial charge in [-0.2, -0.15) is 0 Å². The highest BCUT2D eigenvalue weighted by Crippen LogP contribution is 2.18. The summed E-state index contributed by atoms with van der Waals surface area (Å²) < 4.78 is 16.9. The van der Waals surface area contributed by atoms with Gasteiger partial charge in [-0.1, -0.05) is 309 Å². The second kappa shape index (κ2) is 59.7. The number of esters is 3. The standard InChI is InChI=1S/C64H122O6/c1-4-7-10-13-16-19-22-25-28-31-33-36-39-42-45-48-51-54-57-63(66)69-60-61(59-68-62(65)56-53-50-47-44-41-38-35-30-27-24-21-18-15-12-9-6-3)70-64(67)58-55-52-49-46-43-40-37-34-32-29-26-23-20-17-14-11-8-5-2/h33,36,61H,4-32,34-35,37-60H2,1-3H3/b36-33-. The molecule has 0 saturated heterocycles. The van der Waals surface area contributed by atoms with Crippen LogP contribution in [0.25, 0.3) is 0 Å². The van der Waals surface area contributed by atoms with Gasteiger partial charge in [-0.15, -0.1) is 0 Å². The van der Waals surface area contributed by atoms with Crippen molar-refractivity contribution in [1.29, 1.82) is 0 Å². The van der Waals surface area contributed by atoms with Gasteiger partial charge in [0.05, 0.1) is 0 Å². The minimum absolute atomic E-state index is 0.0660. The summed E-state index contributed by atoms with van der Waals surface area (Å²) in [7, 11) is 0. The fraction of sp³-hybridized carbons (Fsp3) is 0.922. The Bertz CT molecular complexity index is 1090. The molecule has 0 spiro atoms. The van der Waals surface area contributed by atoms with Gasteiger partial charge in [0.1, 0.15) is 13.2 Å². The summed E-state index contributed by atoms with van der Waals surface area (Å²) in [4.78, 5) is 38.3. The molecule has 0 aromatic heterocycles. The Morgan fingerprint density at radius 2 is 0.471 bits per heavy atom. The first kappa shape index (κ1) is 68.2. The number of allylic oxidation sites excluding steroid dienone is 2. The molecular weight excluding hydrogens is 865 g/mol. The van der Waals surface area contributed by atoms with Crippen molar-refractivity contribution < 1.29 is 28.6 Å². The lowest BCUT2D eigenvalue weighted by molar-refractivity contribution is -0.167. The molecule has 1 unspecified atom stereocenters. The zero-order valence-electron chi connectivity index (χ0n) is 47.6. The van der Waals surface area contributed by atoms with Gasteiger partial charge in [0.15, 0.2) is 6.10 Å². The normalized spacial score (nSPS) is 12.0. The summed E-state index contributed by atoms with van der Waals surface area (Å²) >= 11 is 0. The predicted octanol–water partition coefficient (Wildman–Crippen LogP) is 21.3. The maximum Gasteiger partial charge on any atom is 0.306 e. The number of carbonyl (C=O) groups excluding carboxylic acids is 3. The predicted molar refractivity (Wildman–Crippen MR) is 303 cm³/mol. The zero-order valence-corrected chi connectivity index (χ0v) is 47.6. The van der Waals surface area contributed by atoms with Gasteiger partial charge < -0.3 is 14.2 Å². The van der Waals surface area contributed by atoms with Crippen LogP contribution in [0.3, 0.4) is 0 Å². The van der Waals surface area contributed by atoms with Crippen LogP contribution in [0.15, 0.2) is 12.2 Å². The average Bonchev–Trinajstić information content (AvgIpc) is 3.36. The Hall–Kier alpha value is -1.85. The summed E-state index contributed by atoms with van der Waals surface area (Å²) in [5.41, 5.74) is 0. The summed E-state index contributed by atoms with van der Waals surface area (Å²) in [5, 5.41) is 0. The quantitative estimate of drug-likeness (QED) is 0.0261. The van der Waals surface area contributed by atoms with Crippen molar-refractivity contribution in [2.45, 2.75) is 367 Å². The van der Waals surface area contributed by atoms with E-state index in [4.69, 9.17) is 14.2 Å². The molecule has 414 valence electrons. The third kappa shape index (κ3) is 57.1. The number of ether oxygens (including phenoxy) is 3. The number of hydrogen-bond donors (Lipinski definition) is 0. The van der Waals surface area contributed by atoms with E-state index in [0.29, 0.717) is 19.3 Å². The van der Waals surface area contributed by atoms with Crippen LogP contribution in [0.1, 0.15) is 361 Å². The number of carbonyl (C=O) groups is 3. The molecule has 1 atom stereocenters. The zero-order chi connectivity index (χ0) is 50.7. The molecule has 6 nitrogen and oxygen atoms in total. The van der Waals surface area contributed by atoms with E-state index in [9.17, 15) is 14.4 Å². The maximum absolute atomic E-state index is 12.9. The highest BCUT2D eigenvalue weighted by atomic mass is 16.6. The molecule has 0 rings (SSSR count). The number of unbranched alkanes of at least 4 members (excludes halogenated alkanes) is 46. The monoisotopic (exact) mass is 987 g/mol. The highest BCUT2D eigenvalue weighted by Gasteiger charge is 2.19. The molecule has 0 heterocycles. The van der Waals surface area contributed by atoms with E-state index >= 15 is 0 Å². The maximum atomic E-state index is 12.9. The molecule has 0 aliphatic rings. The first-order valence-corrected chi connectivity index (χ1v) is 31.7. The first-order chi connectivity index (χ1) is 34.5. The second-order valence-corrected chi connectivity index (χ2v) is 21.7. The first-order valence-electron chi connectivity index (χ1n) is 31.7. The molecule has 0 aromatic carbocycles. The van der Waals surface area contributed by atoms with E-state index in [1.807, 2.05) is 0 Å². The van der Waals surface area contributed by atoms with Crippen LogP contribution >= 0.6 is 0 Å². The van der Waals surface area contributed by atoms with Gasteiger partial charge in [0.2, 0.25) is 0 Å². The molecule has 0 aliphatic carbocycles. The van der Waals surface area contributed by atoms with Crippen molar-refractivity contribution in [3.63, 3.8) is 0 Å².